The molecule has 1 atom stereocenters. The van der Waals surface area contributed by atoms with Crippen molar-refractivity contribution in [1.29, 1.82) is 0 Å². The molecule has 0 radical (unpaired) electrons. The topological polar surface area (TPSA) is 75.7 Å². The molecule has 2 amide bonds. The summed E-state index contributed by atoms with van der Waals surface area (Å²) < 4.78 is 4.70. The van der Waals surface area contributed by atoms with Crippen molar-refractivity contribution in [3.8, 4) is 0 Å². The van der Waals surface area contributed by atoms with Crippen LogP contribution in [0.25, 0.3) is 0 Å². The number of hydrogen-bond acceptors (Lipinski definition) is 4. The number of benzene rings is 1. The van der Waals surface area contributed by atoms with E-state index in [1.165, 1.54) is 12.0 Å². The van der Waals surface area contributed by atoms with Crippen LogP contribution in [0.3, 0.4) is 0 Å². The summed E-state index contributed by atoms with van der Waals surface area (Å²) in [6, 6.07) is 7.75. The van der Waals surface area contributed by atoms with Gasteiger partial charge in [-0.05, 0) is 24.5 Å². The second-order valence-electron chi connectivity index (χ2n) is 5.74. The van der Waals surface area contributed by atoms with Gasteiger partial charge in [-0.1, -0.05) is 24.3 Å². The summed E-state index contributed by atoms with van der Waals surface area (Å²) in [6.07, 6.45) is 0.850. The zero-order valence-electron chi connectivity index (χ0n) is 13.5. The standard InChI is InChI=1S/C17H22N2O4/c1-12-5-3-4-6-14(12)10-19(11-16(21)23-2)17(22)13-7-8-15(20)18-9-13/h3-6,13H,7-11H2,1-2H3,(H,18,20). The predicted molar refractivity (Wildman–Crippen MR) is 84.3 cm³/mol. The number of aryl methyl sites for hydroxylation is 1. The van der Waals surface area contributed by atoms with Crippen molar-refractivity contribution < 1.29 is 19.1 Å². The molecule has 6 nitrogen and oxygen atoms in total. The average Bonchev–Trinajstić information content (AvgIpc) is 2.56. The molecule has 0 aliphatic carbocycles. The summed E-state index contributed by atoms with van der Waals surface area (Å²) in [5, 5.41) is 2.71. The molecule has 0 spiro atoms. The largest absolute Gasteiger partial charge is 0.468 e. The number of hydrogen-bond donors (Lipinski definition) is 1. The molecule has 1 aromatic rings. The smallest absolute Gasteiger partial charge is 0.325 e. The highest BCUT2D eigenvalue weighted by atomic mass is 16.5. The quantitative estimate of drug-likeness (QED) is 0.823. The molecular weight excluding hydrogens is 296 g/mol. The van der Waals surface area contributed by atoms with Crippen molar-refractivity contribution >= 4 is 17.8 Å². The number of piperidine rings is 1. The molecule has 1 unspecified atom stereocenters. The monoisotopic (exact) mass is 318 g/mol. The van der Waals surface area contributed by atoms with Gasteiger partial charge in [-0.3, -0.25) is 14.4 Å². The van der Waals surface area contributed by atoms with Gasteiger partial charge in [-0.2, -0.15) is 0 Å². The zero-order valence-corrected chi connectivity index (χ0v) is 13.5. The van der Waals surface area contributed by atoms with Gasteiger partial charge < -0.3 is 15.0 Å². The van der Waals surface area contributed by atoms with Crippen LogP contribution in [0.4, 0.5) is 0 Å². The maximum Gasteiger partial charge on any atom is 0.325 e. The third kappa shape index (κ3) is 4.55. The predicted octanol–water partition coefficient (Wildman–Crippen LogP) is 1.02. The lowest BCUT2D eigenvalue weighted by Crippen LogP contribution is -2.46. The maximum absolute atomic E-state index is 12.7. The van der Waals surface area contributed by atoms with Crippen LogP contribution in [-0.2, 0) is 25.7 Å². The molecule has 1 aliphatic heterocycles. The Balaban J connectivity index is 2.13. The first kappa shape index (κ1) is 17.0. The minimum absolute atomic E-state index is 0.0347. The fraction of sp³-hybridized carbons (Fsp3) is 0.471. The molecule has 0 bridgehead atoms. The van der Waals surface area contributed by atoms with Crippen molar-refractivity contribution in [3.63, 3.8) is 0 Å². The van der Waals surface area contributed by atoms with E-state index in [9.17, 15) is 14.4 Å². The van der Waals surface area contributed by atoms with Gasteiger partial charge in [0.2, 0.25) is 11.8 Å². The molecule has 0 aromatic heterocycles. The molecule has 1 fully saturated rings. The summed E-state index contributed by atoms with van der Waals surface area (Å²) in [4.78, 5) is 37.2. The second-order valence-corrected chi connectivity index (χ2v) is 5.74. The lowest BCUT2D eigenvalue weighted by molar-refractivity contribution is -0.149. The number of amides is 2. The fourth-order valence-electron chi connectivity index (χ4n) is 2.63. The Morgan fingerprint density at radius 1 is 1.35 bits per heavy atom. The van der Waals surface area contributed by atoms with Crippen molar-refractivity contribution in [1.82, 2.24) is 10.2 Å². The summed E-state index contributed by atoms with van der Waals surface area (Å²) >= 11 is 0. The number of esters is 1. The highest BCUT2D eigenvalue weighted by molar-refractivity contribution is 5.86. The van der Waals surface area contributed by atoms with Crippen LogP contribution >= 0.6 is 0 Å². The van der Waals surface area contributed by atoms with Crippen LogP contribution in [-0.4, -0.2) is 42.9 Å². The van der Waals surface area contributed by atoms with Gasteiger partial charge in [0.15, 0.2) is 0 Å². The van der Waals surface area contributed by atoms with E-state index in [0.29, 0.717) is 25.9 Å². The Morgan fingerprint density at radius 2 is 2.09 bits per heavy atom. The van der Waals surface area contributed by atoms with Gasteiger partial charge in [-0.25, -0.2) is 0 Å². The molecular formula is C17H22N2O4. The number of carbonyl (C=O) groups excluding carboxylic acids is 3. The summed E-state index contributed by atoms with van der Waals surface area (Å²) in [5.41, 5.74) is 2.05. The van der Waals surface area contributed by atoms with Crippen LogP contribution < -0.4 is 5.32 Å². The number of nitrogens with zero attached hydrogens (tertiary/aromatic N) is 1. The van der Waals surface area contributed by atoms with Crippen molar-refractivity contribution in [2.45, 2.75) is 26.3 Å². The lowest BCUT2D eigenvalue weighted by atomic mass is 9.97. The van der Waals surface area contributed by atoms with Crippen LogP contribution in [0.15, 0.2) is 24.3 Å². The molecule has 0 saturated carbocycles. The second kappa shape index (κ2) is 7.76. The van der Waals surface area contributed by atoms with Crippen molar-refractivity contribution in [3.05, 3.63) is 35.4 Å². The molecule has 1 saturated heterocycles. The third-order valence-corrected chi connectivity index (χ3v) is 4.10. The Morgan fingerprint density at radius 3 is 2.70 bits per heavy atom. The van der Waals surface area contributed by atoms with E-state index >= 15 is 0 Å². The molecule has 1 N–H and O–H groups in total. The van der Waals surface area contributed by atoms with Crippen LogP contribution in [0.2, 0.25) is 0 Å². The molecule has 2 rings (SSSR count). The number of methoxy groups -OCH3 is 1. The first-order valence-corrected chi connectivity index (χ1v) is 7.68. The molecule has 1 heterocycles. The Kier molecular flexibility index (Phi) is 5.73. The minimum Gasteiger partial charge on any atom is -0.468 e. The summed E-state index contributed by atoms with van der Waals surface area (Å²) in [5.74, 6) is -0.903. The van der Waals surface area contributed by atoms with Crippen LogP contribution in [0.1, 0.15) is 24.0 Å². The maximum atomic E-state index is 12.7. The fourth-order valence-corrected chi connectivity index (χ4v) is 2.63. The van der Waals surface area contributed by atoms with E-state index in [4.69, 9.17) is 4.74 Å². The molecule has 1 aliphatic rings. The van der Waals surface area contributed by atoms with Crippen LogP contribution in [0, 0.1) is 12.8 Å². The Hall–Kier alpha value is -2.37. The van der Waals surface area contributed by atoms with Crippen molar-refractivity contribution in [2.24, 2.45) is 5.92 Å². The zero-order chi connectivity index (χ0) is 16.8. The van der Waals surface area contributed by atoms with Gasteiger partial charge in [0, 0.05) is 19.5 Å². The molecule has 23 heavy (non-hydrogen) atoms. The van der Waals surface area contributed by atoms with E-state index in [0.717, 1.165) is 11.1 Å². The van der Waals surface area contributed by atoms with Gasteiger partial charge in [0.1, 0.15) is 6.54 Å². The SMILES string of the molecule is COC(=O)CN(Cc1ccccc1C)C(=O)C1CCC(=O)NC1. The van der Waals surface area contributed by atoms with Gasteiger partial charge >= 0.3 is 5.97 Å². The number of rotatable bonds is 5. The van der Waals surface area contributed by atoms with E-state index in [1.807, 2.05) is 31.2 Å². The Bertz CT molecular complexity index is 590. The summed E-state index contributed by atoms with van der Waals surface area (Å²) in [6.45, 7) is 2.55. The third-order valence-electron chi connectivity index (χ3n) is 4.10. The minimum atomic E-state index is -0.452. The normalized spacial score (nSPS) is 17.3. The first-order chi connectivity index (χ1) is 11.0. The highest BCUT2D eigenvalue weighted by Crippen LogP contribution is 2.17. The average molecular weight is 318 g/mol. The van der Waals surface area contributed by atoms with Crippen LogP contribution in [0.5, 0.6) is 0 Å². The lowest BCUT2D eigenvalue weighted by Gasteiger charge is -2.29. The van der Waals surface area contributed by atoms with E-state index in [-0.39, 0.29) is 24.3 Å². The van der Waals surface area contributed by atoms with Gasteiger partial charge in [0.05, 0.1) is 13.0 Å². The molecule has 1 aromatic carbocycles. The number of nitrogens with one attached hydrogen (secondary N) is 1. The van der Waals surface area contributed by atoms with E-state index in [1.54, 1.807) is 0 Å². The summed E-state index contributed by atoms with van der Waals surface area (Å²) in [7, 11) is 1.31. The highest BCUT2D eigenvalue weighted by Gasteiger charge is 2.29. The molecule has 124 valence electrons. The number of carbonyl (C=O) groups is 3. The van der Waals surface area contributed by atoms with Crippen molar-refractivity contribution in [2.75, 3.05) is 20.2 Å². The van der Waals surface area contributed by atoms with Gasteiger partial charge in [-0.15, -0.1) is 0 Å². The molecule has 6 heteroatoms. The Labute approximate surface area is 135 Å². The van der Waals surface area contributed by atoms with E-state index in [2.05, 4.69) is 5.32 Å². The van der Waals surface area contributed by atoms with E-state index < -0.39 is 5.97 Å². The van der Waals surface area contributed by atoms with Gasteiger partial charge in [0.25, 0.3) is 0 Å². The number of ether oxygens (including phenoxy) is 1. The first-order valence-electron chi connectivity index (χ1n) is 7.68.